The van der Waals surface area contributed by atoms with Gasteiger partial charge in [0.1, 0.15) is 6.54 Å². The number of morpholine rings is 1. The molecule has 3 heterocycles. The Morgan fingerprint density at radius 3 is 2.92 bits per heavy atom. The van der Waals surface area contributed by atoms with Crippen molar-refractivity contribution in [3.8, 4) is 11.4 Å². The molecular weight excluding hydrogens is 332 g/mol. The van der Waals surface area contributed by atoms with E-state index in [1.807, 2.05) is 23.6 Å². The maximum absolute atomic E-state index is 12.6. The fourth-order valence-corrected chi connectivity index (χ4v) is 2.96. The molecule has 0 radical (unpaired) electrons. The lowest BCUT2D eigenvalue weighted by molar-refractivity contribution is -0.130. The number of nitrogens with zero attached hydrogens (tertiary/aromatic N) is 6. The molecule has 1 fully saturated rings. The van der Waals surface area contributed by atoms with Crippen LogP contribution in [0.4, 0.5) is 5.95 Å². The molecule has 1 aliphatic heterocycles. The van der Waals surface area contributed by atoms with Crippen LogP contribution in [0, 0.1) is 0 Å². The van der Waals surface area contributed by atoms with Crippen LogP contribution >= 0.6 is 0 Å². The van der Waals surface area contributed by atoms with Crippen LogP contribution in [0.25, 0.3) is 11.4 Å². The highest BCUT2D eigenvalue weighted by molar-refractivity contribution is 5.77. The van der Waals surface area contributed by atoms with E-state index in [1.54, 1.807) is 24.3 Å². The van der Waals surface area contributed by atoms with Crippen molar-refractivity contribution >= 4 is 11.9 Å². The fourth-order valence-electron chi connectivity index (χ4n) is 2.96. The lowest BCUT2D eigenvalue weighted by Gasteiger charge is -2.33. The van der Waals surface area contributed by atoms with Crippen LogP contribution in [0.5, 0.6) is 0 Å². The Morgan fingerprint density at radius 1 is 1.38 bits per heavy atom. The summed E-state index contributed by atoms with van der Waals surface area (Å²) in [6.45, 7) is 7.06. The number of carbonyl (C=O) groups excluding carboxylic acids is 1. The third-order valence-electron chi connectivity index (χ3n) is 4.72. The molecule has 8 heteroatoms. The predicted octanol–water partition coefficient (Wildman–Crippen LogP) is 1.43. The van der Waals surface area contributed by atoms with E-state index >= 15 is 0 Å². The van der Waals surface area contributed by atoms with Gasteiger partial charge in [-0.3, -0.25) is 14.3 Å². The van der Waals surface area contributed by atoms with Crippen molar-refractivity contribution in [1.29, 1.82) is 0 Å². The fraction of sp³-hybridized carbons (Fsp3) is 0.556. The summed E-state index contributed by atoms with van der Waals surface area (Å²) in [4.78, 5) is 20.6. The maximum atomic E-state index is 12.6. The monoisotopic (exact) mass is 358 g/mol. The summed E-state index contributed by atoms with van der Waals surface area (Å²) in [7, 11) is 1.80. The molecule has 3 rings (SSSR count). The van der Waals surface area contributed by atoms with Gasteiger partial charge >= 0.3 is 0 Å². The van der Waals surface area contributed by atoms with Crippen LogP contribution in [0.3, 0.4) is 0 Å². The van der Waals surface area contributed by atoms with Crippen LogP contribution in [0.2, 0.25) is 0 Å². The summed E-state index contributed by atoms with van der Waals surface area (Å²) >= 11 is 0. The second-order valence-corrected chi connectivity index (χ2v) is 6.41. The van der Waals surface area contributed by atoms with Gasteiger partial charge in [-0.05, 0) is 25.5 Å². The van der Waals surface area contributed by atoms with Gasteiger partial charge in [0, 0.05) is 44.6 Å². The number of anilines is 1. The van der Waals surface area contributed by atoms with Gasteiger partial charge in [0.2, 0.25) is 11.9 Å². The molecule has 0 aromatic carbocycles. The van der Waals surface area contributed by atoms with Crippen LogP contribution in [-0.2, 0) is 16.1 Å². The highest BCUT2D eigenvalue weighted by atomic mass is 16.5. The Bertz CT molecular complexity index is 733. The molecule has 0 aliphatic carbocycles. The summed E-state index contributed by atoms with van der Waals surface area (Å²) in [6.07, 6.45) is 4.57. The highest BCUT2D eigenvalue weighted by Gasteiger charge is 2.26. The Kier molecular flexibility index (Phi) is 5.82. The summed E-state index contributed by atoms with van der Waals surface area (Å²) in [5.41, 5.74) is 0.846. The molecule has 0 saturated carbocycles. The second kappa shape index (κ2) is 8.27. The van der Waals surface area contributed by atoms with Crippen LogP contribution in [-0.4, -0.2) is 69.9 Å². The van der Waals surface area contributed by atoms with Crippen molar-refractivity contribution in [2.45, 2.75) is 32.9 Å². The van der Waals surface area contributed by atoms with Crippen molar-refractivity contribution < 1.29 is 9.53 Å². The van der Waals surface area contributed by atoms with Crippen LogP contribution < -0.4 is 4.90 Å². The molecule has 1 amide bonds. The average molecular weight is 358 g/mol. The number of hydrogen-bond acceptors (Lipinski definition) is 6. The molecule has 140 valence electrons. The third kappa shape index (κ3) is 3.85. The zero-order chi connectivity index (χ0) is 18.5. The topological polar surface area (TPSA) is 76.4 Å². The molecule has 0 N–H and O–H groups in total. The normalized spacial score (nSPS) is 17.3. The summed E-state index contributed by atoms with van der Waals surface area (Å²) in [5, 5.41) is 8.78. The van der Waals surface area contributed by atoms with Gasteiger partial charge in [-0.25, -0.2) is 0 Å². The molecule has 26 heavy (non-hydrogen) atoms. The zero-order valence-electron chi connectivity index (χ0n) is 15.6. The average Bonchev–Trinajstić information content (AvgIpc) is 3.11. The Morgan fingerprint density at radius 2 is 2.23 bits per heavy atom. The maximum Gasteiger partial charge on any atom is 0.242 e. The molecule has 0 spiro atoms. The lowest BCUT2D eigenvalue weighted by Crippen LogP contribution is -2.44. The smallest absolute Gasteiger partial charge is 0.242 e. The molecule has 2 aromatic rings. The van der Waals surface area contributed by atoms with Crippen LogP contribution in [0.1, 0.15) is 20.3 Å². The van der Waals surface area contributed by atoms with E-state index in [-0.39, 0.29) is 18.6 Å². The second-order valence-electron chi connectivity index (χ2n) is 6.41. The van der Waals surface area contributed by atoms with E-state index < -0.39 is 0 Å². The molecule has 2 aromatic heterocycles. The number of ether oxygens (including phenoxy) is 1. The van der Waals surface area contributed by atoms with Crippen LogP contribution in [0.15, 0.2) is 24.5 Å². The summed E-state index contributed by atoms with van der Waals surface area (Å²) in [6, 6.07) is 3.79. The molecule has 8 nitrogen and oxygen atoms in total. The number of amides is 1. The first kappa shape index (κ1) is 18.3. The Labute approximate surface area is 153 Å². The first-order chi connectivity index (χ1) is 12.6. The summed E-state index contributed by atoms with van der Waals surface area (Å²) in [5.74, 6) is 1.40. The number of aromatic nitrogens is 4. The van der Waals surface area contributed by atoms with Gasteiger partial charge in [-0.2, -0.15) is 0 Å². The van der Waals surface area contributed by atoms with Crippen molar-refractivity contribution in [2.75, 3.05) is 38.2 Å². The minimum Gasteiger partial charge on any atom is -0.375 e. The van der Waals surface area contributed by atoms with E-state index in [0.29, 0.717) is 24.9 Å². The SMILES string of the molecule is CCC1CN(c2nnc(-c3cccnc3)n2CC(=O)N(C)CC)CCO1. The molecule has 1 atom stereocenters. The van der Waals surface area contributed by atoms with E-state index in [4.69, 9.17) is 4.74 Å². The molecule has 0 bridgehead atoms. The highest BCUT2D eigenvalue weighted by Crippen LogP contribution is 2.24. The molecule has 1 aliphatic rings. The first-order valence-corrected chi connectivity index (χ1v) is 9.08. The zero-order valence-corrected chi connectivity index (χ0v) is 15.6. The summed E-state index contributed by atoms with van der Waals surface area (Å²) < 4.78 is 7.65. The lowest BCUT2D eigenvalue weighted by atomic mass is 10.2. The standard InChI is InChI=1S/C18H26N6O2/c1-4-15-12-23(9-10-26-15)18-21-20-17(14-7-6-8-19-11-14)24(18)13-16(25)22(3)5-2/h6-8,11,15H,4-5,9-10,12-13H2,1-3H3. The van der Waals surface area contributed by atoms with E-state index in [2.05, 4.69) is 27.0 Å². The van der Waals surface area contributed by atoms with Gasteiger partial charge in [0.15, 0.2) is 5.82 Å². The minimum atomic E-state index is 0.0268. The van der Waals surface area contributed by atoms with Crippen molar-refractivity contribution in [1.82, 2.24) is 24.6 Å². The van der Waals surface area contributed by atoms with Crippen molar-refractivity contribution in [3.63, 3.8) is 0 Å². The van der Waals surface area contributed by atoms with Gasteiger partial charge in [-0.15, -0.1) is 10.2 Å². The predicted molar refractivity (Wildman–Crippen MR) is 98.8 cm³/mol. The van der Waals surface area contributed by atoms with Gasteiger partial charge in [-0.1, -0.05) is 6.92 Å². The number of pyridine rings is 1. The molecular formula is C18H26N6O2. The number of hydrogen-bond donors (Lipinski definition) is 0. The number of carbonyl (C=O) groups is 1. The Hall–Kier alpha value is -2.48. The third-order valence-corrected chi connectivity index (χ3v) is 4.72. The van der Waals surface area contributed by atoms with E-state index in [0.717, 1.165) is 25.1 Å². The largest absolute Gasteiger partial charge is 0.375 e. The molecule has 1 saturated heterocycles. The quantitative estimate of drug-likeness (QED) is 0.778. The van der Waals surface area contributed by atoms with Gasteiger partial charge in [0.05, 0.1) is 12.7 Å². The Balaban J connectivity index is 1.96. The van der Waals surface area contributed by atoms with Crippen molar-refractivity contribution in [2.24, 2.45) is 0 Å². The minimum absolute atomic E-state index is 0.0268. The van der Waals surface area contributed by atoms with E-state index in [1.165, 1.54) is 0 Å². The first-order valence-electron chi connectivity index (χ1n) is 9.08. The van der Waals surface area contributed by atoms with Gasteiger partial charge < -0.3 is 14.5 Å². The number of likely N-dealkylation sites (N-methyl/N-ethyl adjacent to an activating group) is 1. The molecule has 1 unspecified atom stereocenters. The van der Waals surface area contributed by atoms with Gasteiger partial charge in [0.25, 0.3) is 0 Å². The van der Waals surface area contributed by atoms with Crippen molar-refractivity contribution in [3.05, 3.63) is 24.5 Å². The number of rotatable bonds is 6. The van der Waals surface area contributed by atoms with E-state index in [9.17, 15) is 4.79 Å².